The van der Waals surface area contributed by atoms with Crippen molar-refractivity contribution in [2.75, 3.05) is 39.5 Å². The largest absolute Gasteiger partial charge is 0.490 e. The number of hydrogen-bond acceptors (Lipinski definition) is 7. The van der Waals surface area contributed by atoms with E-state index in [0.717, 1.165) is 80.8 Å². The Morgan fingerprint density at radius 3 is 2.85 bits per heavy atom. The van der Waals surface area contributed by atoms with Gasteiger partial charge in [0, 0.05) is 42.7 Å². The van der Waals surface area contributed by atoms with Crippen molar-refractivity contribution in [1.82, 2.24) is 15.2 Å². The Labute approximate surface area is 205 Å². The number of nitrogens with zero attached hydrogens (tertiary/aromatic N) is 2. The van der Waals surface area contributed by atoms with Gasteiger partial charge in [-0.2, -0.15) is 0 Å². The van der Waals surface area contributed by atoms with E-state index in [1.54, 1.807) is 11.3 Å². The topological polar surface area (TPSA) is 83.9 Å². The number of fused-ring (bicyclic) bond motifs is 3. The number of carbonyl (C=O) groups is 1. The minimum absolute atomic E-state index is 0.00362. The van der Waals surface area contributed by atoms with Crippen LogP contribution in [0.1, 0.15) is 68.2 Å². The zero-order valence-corrected chi connectivity index (χ0v) is 21.0. The van der Waals surface area contributed by atoms with Crippen LogP contribution in [-0.2, 0) is 16.0 Å². The molecule has 1 saturated carbocycles. The van der Waals surface area contributed by atoms with Gasteiger partial charge >= 0.3 is 0 Å². The van der Waals surface area contributed by atoms with E-state index < -0.39 is 0 Å². The van der Waals surface area contributed by atoms with E-state index in [1.807, 2.05) is 12.3 Å². The van der Waals surface area contributed by atoms with E-state index in [9.17, 15) is 4.79 Å². The molecule has 0 unspecified atom stereocenters. The summed E-state index contributed by atoms with van der Waals surface area (Å²) in [7, 11) is 0. The third-order valence-corrected chi connectivity index (χ3v) is 9.33. The summed E-state index contributed by atoms with van der Waals surface area (Å²) < 4.78 is 12.3. The summed E-state index contributed by atoms with van der Waals surface area (Å²) in [5, 5.41) is 12.9. The molecule has 5 rings (SSSR count). The number of thiophene rings is 1. The van der Waals surface area contributed by atoms with Crippen molar-refractivity contribution in [3.8, 4) is 5.75 Å². The van der Waals surface area contributed by atoms with Crippen LogP contribution in [0.25, 0.3) is 10.2 Å². The number of aryl methyl sites for hydroxylation is 1. The van der Waals surface area contributed by atoms with Crippen molar-refractivity contribution in [3.05, 3.63) is 22.7 Å². The molecule has 2 aromatic rings. The Balaban J connectivity index is 1.31. The van der Waals surface area contributed by atoms with Crippen LogP contribution in [0.4, 0.5) is 0 Å². The monoisotopic (exact) mass is 487 g/mol. The molecule has 2 aliphatic carbocycles. The molecule has 1 atom stereocenters. The zero-order valence-electron chi connectivity index (χ0n) is 20.2. The summed E-state index contributed by atoms with van der Waals surface area (Å²) in [5.74, 6) is 1.13. The van der Waals surface area contributed by atoms with Crippen LogP contribution in [0, 0.1) is 0 Å². The van der Waals surface area contributed by atoms with Gasteiger partial charge in [-0.3, -0.25) is 9.69 Å². The first-order valence-corrected chi connectivity index (χ1v) is 13.7. The number of carbonyl (C=O) groups excluding carboxylic acids is 1. The van der Waals surface area contributed by atoms with Gasteiger partial charge in [0.2, 0.25) is 5.91 Å². The molecule has 8 heteroatoms. The van der Waals surface area contributed by atoms with Crippen molar-refractivity contribution in [3.63, 3.8) is 0 Å². The van der Waals surface area contributed by atoms with Gasteiger partial charge in [-0.15, -0.1) is 11.3 Å². The van der Waals surface area contributed by atoms with Gasteiger partial charge in [0.05, 0.1) is 31.3 Å². The lowest BCUT2D eigenvalue weighted by molar-refractivity contribution is -0.121. The number of morpholine rings is 1. The molecule has 1 aliphatic heterocycles. The number of aliphatic hydroxyl groups is 1. The zero-order chi connectivity index (χ0) is 23.5. The van der Waals surface area contributed by atoms with Crippen LogP contribution < -0.4 is 10.1 Å². The van der Waals surface area contributed by atoms with Crippen LogP contribution in [0.15, 0.2) is 12.3 Å². The maximum Gasteiger partial charge on any atom is 0.220 e. The van der Waals surface area contributed by atoms with E-state index in [0.29, 0.717) is 13.0 Å². The maximum absolute atomic E-state index is 12.4. The number of ether oxygens (including phenoxy) is 2. The lowest BCUT2D eigenvalue weighted by Crippen LogP contribution is -2.55. The summed E-state index contributed by atoms with van der Waals surface area (Å²) in [6.45, 7) is 6.38. The second-order valence-electron chi connectivity index (χ2n) is 9.94. The third kappa shape index (κ3) is 4.70. The van der Waals surface area contributed by atoms with Gasteiger partial charge in [0.15, 0.2) is 0 Å². The number of nitrogens with one attached hydrogen (secondary N) is 1. The molecule has 3 heterocycles. The summed E-state index contributed by atoms with van der Waals surface area (Å²) in [4.78, 5) is 22.0. The lowest BCUT2D eigenvalue weighted by Gasteiger charge is -2.49. The van der Waals surface area contributed by atoms with Gasteiger partial charge < -0.3 is 19.9 Å². The molecule has 3 aliphatic rings. The smallest absolute Gasteiger partial charge is 0.220 e. The van der Waals surface area contributed by atoms with Crippen LogP contribution in [-0.4, -0.2) is 72.0 Å². The molecule has 186 valence electrons. The molecular formula is C26H37N3O4S. The number of pyridine rings is 1. The number of aromatic nitrogens is 1. The van der Waals surface area contributed by atoms with Gasteiger partial charge in [0.25, 0.3) is 0 Å². The Morgan fingerprint density at radius 1 is 1.32 bits per heavy atom. The lowest BCUT2D eigenvalue weighted by atomic mass is 9.77. The molecule has 0 aromatic carbocycles. The minimum Gasteiger partial charge on any atom is -0.490 e. The third-order valence-electron chi connectivity index (χ3n) is 8.16. The average molecular weight is 488 g/mol. The predicted octanol–water partition coefficient (Wildman–Crippen LogP) is 3.63. The van der Waals surface area contributed by atoms with Crippen LogP contribution in [0.3, 0.4) is 0 Å². The Kier molecular flexibility index (Phi) is 7.39. The normalized spacial score (nSPS) is 27.6. The van der Waals surface area contributed by atoms with Crippen molar-refractivity contribution >= 4 is 27.5 Å². The van der Waals surface area contributed by atoms with E-state index in [4.69, 9.17) is 14.6 Å². The highest BCUT2D eigenvalue weighted by Crippen LogP contribution is 2.48. The summed E-state index contributed by atoms with van der Waals surface area (Å²) in [6.07, 6.45) is 10.1. The average Bonchev–Trinajstić information content (AvgIpc) is 3.44. The Morgan fingerprint density at radius 2 is 2.12 bits per heavy atom. The van der Waals surface area contributed by atoms with Gasteiger partial charge in [-0.1, -0.05) is 6.92 Å². The summed E-state index contributed by atoms with van der Waals surface area (Å²) in [5.41, 5.74) is 1.56. The minimum atomic E-state index is -0.0306. The number of rotatable bonds is 8. The molecule has 2 fully saturated rings. The summed E-state index contributed by atoms with van der Waals surface area (Å²) >= 11 is 1.75. The predicted molar refractivity (Wildman–Crippen MR) is 134 cm³/mol. The van der Waals surface area contributed by atoms with Crippen LogP contribution in [0.5, 0.6) is 5.75 Å². The van der Waals surface area contributed by atoms with Gasteiger partial charge in [-0.05, 0) is 62.5 Å². The fourth-order valence-electron chi connectivity index (χ4n) is 6.28. The first kappa shape index (κ1) is 24.0. The van der Waals surface area contributed by atoms with Crippen LogP contribution in [0.2, 0.25) is 0 Å². The molecule has 2 aromatic heterocycles. The maximum atomic E-state index is 12.4. The second kappa shape index (κ2) is 10.5. The number of aliphatic hydroxyl groups excluding tert-OH is 1. The van der Waals surface area contributed by atoms with Crippen LogP contribution >= 0.6 is 11.3 Å². The Hall–Kier alpha value is -1.74. The summed E-state index contributed by atoms with van der Waals surface area (Å²) in [6, 6.07) is 2.01. The number of hydrogen-bond donors (Lipinski definition) is 2. The molecule has 7 nitrogen and oxygen atoms in total. The molecule has 2 N–H and O–H groups in total. The quantitative estimate of drug-likeness (QED) is 0.592. The molecule has 0 radical (unpaired) electrons. The van der Waals surface area contributed by atoms with E-state index >= 15 is 0 Å². The number of amides is 1. The fraction of sp³-hybridized carbons (Fsp3) is 0.692. The standard InChI is InChI=1S/C26H37N3O4S/c1-2-26(29-12-15-32-16-13-29)8-5-19(6-9-26)33-20-7-10-28-25-24(20)23-18(3-4-21(23)34-25)17-22(31)27-11-14-30/h7,10,18-19,30H,2-6,8-9,11-17H2,1H3,(H,27,31)/t18-,19-,26-/m1/s1. The first-order valence-electron chi connectivity index (χ1n) is 12.9. The van der Waals surface area contributed by atoms with Crippen molar-refractivity contribution in [2.24, 2.45) is 0 Å². The highest BCUT2D eigenvalue weighted by atomic mass is 32.1. The van der Waals surface area contributed by atoms with Crippen molar-refractivity contribution < 1.29 is 19.4 Å². The van der Waals surface area contributed by atoms with Crippen molar-refractivity contribution in [1.29, 1.82) is 0 Å². The highest BCUT2D eigenvalue weighted by molar-refractivity contribution is 7.19. The van der Waals surface area contributed by atoms with Gasteiger partial charge in [0.1, 0.15) is 10.6 Å². The Bertz CT molecular complexity index is 995. The molecule has 1 saturated heterocycles. The van der Waals surface area contributed by atoms with Gasteiger partial charge in [-0.25, -0.2) is 4.98 Å². The van der Waals surface area contributed by atoms with E-state index in [1.165, 1.54) is 16.9 Å². The van der Waals surface area contributed by atoms with E-state index in [2.05, 4.69) is 22.1 Å². The fourth-order valence-corrected chi connectivity index (χ4v) is 7.54. The molecule has 34 heavy (non-hydrogen) atoms. The SMILES string of the molecule is CC[C@]1(N2CCOCC2)CC[C@H](Oc2ccnc3sc4c(c23)[C@@H](CC(=O)NCCO)CC4)CC1. The molecule has 1 amide bonds. The van der Waals surface area contributed by atoms with Crippen molar-refractivity contribution in [2.45, 2.75) is 75.9 Å². The molecule has 0 bridgehead atoms. The molecule has 0 spiro atoms. The van der Waals surface area contributed by atoms with E-state index in [-0.39, 0.29) is 30.1 Å². The second-order valence-corrected chi connectivity index (χ2v) is 11.0. The highest BCUT2D eigenvalue weighted by Gasteiger charge is 2.40. The first-order chi connectivity index (χ1) is 16.6. The molecular weight excluding hydrogens is 450 g/mol.